The van der Waals surface area contributed by atoms with Gasteiger partial charge in [0.1, 0.15) is 5.69 Å². The van der Waals surface area contributed by atoms with Gasteiger partial charge in [-0.05, 0) is 20.3 Å². The van der Waals surface area contributed by atoms with E-state index in [0.717, 1.165) is 18.7 Å². The van der Waals surface area contributed by atoms with Crippen LogP contribution in [0.1, 0.15) is 64.9 Å². The van der Waals surface area contributed by atoms with Gasteiger partial charge in [-0.3, -0.25) is 4.68 Å². The van der Waals surface area contributed by atoms with Crippen molar-refractivity contribution in [2.75, 3.05) is 13.2 Å². The minimum atomic E-state index is -0.385. The lowest BCUT2D eigenvalue weighted by Crippen LogP contribution is -2.09. The summed E-state index contributed by atoms with van der Waals surface area (Å²) >= 11 is 0. The SMILES string of the molecule is CCCCCCCn1cc(C(OCC)OCC)nn1. The molecule has 0 radical (unpaired) electrons. The number of hydrogen-bond acceptors (Lipinski definition) is 4. The lowest BCUT2D eigenvalue weighted by atomic mass is 10.1. The molecular weight excluding hydrogens is 242 g/mol. The van der Waals surface area contributed by atoms with Crippen LogP contribution in [0.5, 0.6) is 0 Å². The fourth-order valence-corrected chi connectivity index (χ4v) is 1.93. The normalized spacial score (nSPS) is 11.4. The van der Waals surface area contributed by atoms with Crippen LogP contribution < -0.4 is 0 Å². The third kappa shape index (κ3) is 6.16. The molecule has 1 aromatic heterocycles. The predicted molar refractivity (Wildman–Crippen MR) is 74.8 cm³/mol. The first-order valence-corrected chi connectivity index (χ1v) is 7.45. The maximum absolute atomic E-state index is 5.50. The van der Waals surface area contributed by atoms with Crippen LogP contribution in [0.3, 0.4) is 0 Å². The second-order valence-electron chi connectivity index (χ2n) is 4.56. The molecule has 5 nitrogen and oxygen atoms in total. The van der Waals surface area contributed by atoms with Crippen LogP contribution in [0.25, 0.3) is 0 Å². The molecule has 0 aliphatic carbocycles. The van der Waals surface area contributed by atoms with Crippen LogP contribution in [-0.4, -0.2) is 28.2 Å². The van der Waals surface area contributed by atoms with Crippen LogP contribution in [-0.2, 0) is 16.0 Å². The van der Waals surface area contributed by atoms with Crippen molar-refractivity contribution in [3.63, 3.8) is 0 Å². The largest absolute Gasteiger partial charge is 0.347 e. The Morgan fingerprint density at radius 2 is 1.74 bits per heavy atom. The van der Waals surface area contributed by atoms with E-state index in [1.165, 1.54) is 25.7 Å². The monoisotopic (exact) mass is 269 g/mol. The summed E-state index contributed by atoms with van der Waals surface area (Å²) < 4.78 is 12.9. The fraction of sp³-hybridized carbons (Fsp3) is 0.857. The second-order valence-corrected chi connectivity index (χ2v) is 4.56. The first kappa shape index (κ1) is 16.1. The molecule has 0 N–H and O–H groups in total. The average molecular weight is 269 g/mol. The molecule has 0 aromatic carbocycles. The summed E-state index contributed by atoms with van der Waals surface area (Å²) in [6, 6.07) is 0. The number of hydrogen-bond donors (Lipinski definition) is 0. The third-order valence-electron chi connectivity index (χ3n) is 2.92. The average Bonchev–Trinajstić information content (AvgIpc) is 2.87. The number of aryl methyl sites for hydroxylation is 1. The molecule has 5 heteroatoms. The summed E-state index contributed by atoms with van der Waals surface area (Å²) in [5, 5.41) is 8.26. The molecule has 0 saturated carbocycles. The van der Waals surface area contributed by atoms with Crippen molar-refractivity contribution < 1.29 is 9.47 Å². The summed E-state index contributed by atoms with van der Waals surface area (Å²) in [5.41, 5.74) is 0.761. The quantitative estimate of drug-likeness (QED) is 0.457. The Balaban J connectivity index is 2.37. The summed E-state index contributed by atoms with van der Waals surface area (Å²) in [6.07, 6.45) is 7.84. The molecule has 0 atom stereocenters. The first-order chi connectivity index (χ1) is 9.31. The van der Waals surface area contributed by atoms with E-state index in [1.807, 2.05) is 24.7 Å². The van der Waals surface area contributed by atoms with Crippen molar-refractivity contribution in [3.05, 3.63) is 11.9 Å². The zero-order valence-electron chi connectivity index (χ0n) is 12.5. The summed E-state index contributed by atoms with van der Waals surface area (Å²) in [4.78, 5) is 0. The highest BCUT2D eigenvalue weighted by Gasteiger charge is 2.15. The van der Waals surface area contributed by atoms with Crippen molar-refractivity contribution in [2.45, 2.75) is 65.7 Å². The first-order valence-electron chi connectivity index (χ1n) is 7.45. The topological polar surface area (TPSA) is 49.2 Å². The highest BCUT2D eigenvalue weighted by Crippen LogP contribution is 2.16. The van der Waals surface area contributed by atoms with E-state index in [2.05, 4.69) is 17.2 Å². The van der Waals surface area contributed by atoms with Crippen molar-refractivity contribution in [2.24, 2.45) is 0 Å². The van der Waals surface area contributed by atoms with Gasteiger partial charge in [0.25, 0.3) is 0 Å². The van der Waals surface area contributed by atoms with Crippen LogP contribution in [0.2, 0.25) is 0 Å². The van der Waals surface area contributed by atoms with Crippen LogP contribution in [0.15, 0.2) is 6.20 Å². The summed E-state index contributed by atoms with van der Waals surface area (Å²) in [5.74, 6) is 0. The number of unbranched alkanes of at least 4 members (excludes halogenated alkanes) is 4. The Hall–Kier alpha value is -0.940. The molecule has 0 bridgehead atoms. The molecule has 0 unspecified atom stereocenters. The molecule has 0 amide bonds. The number of ether oxygens (including phenoxy) is 2. The second kappa shape index (κ2) is 9.92. The van der Waals surface area contributed by atoms with Gasteiger partial charge in [0.05, 0.1) is 6.20 Å². The van der Waals surface area contributed by atoms with Crippen LogP contribution in [0, 0.1) is 0 Å². The molecule has 0 aliphatic rings. The van der Waals surface area contributed by atoms with E-state index in [-0.39, 0.29) is 6.29 Å². The predicted octanol–water partition coefficient (Wildman–Crippen LogP) is 3.32. The van der Waals surface area contributed by atoms with E-state index in [4.69, 9.17) is 9.47 Å². The van der Waals surface area contributed by atoms with Crippen LogP contribution in [0.4, 0.5) is 0 Å². The number of aromatic nitrogens is 3. The Labute approximate surface area is 116 Å². The minimum Gasteiger partial charge on any atom is -0.347 e. The Morgan fingerprint density at radius 3 is 2.37 bits per heavy atom. The van der Waals surface area contributed by atoms with E-state index >= 15 is 0 Å². The van der Waals surface area contributed by atoms with Gasteiger partial charge in [-0.2, -0.15) is 0 Å². The van der Waals surface area contributed by atoms with Crippen molar-refractivity contribution >= 4 is 0 Å². The minimum absolute atomic E-state index is 0.385. The summed E-state index contributed by atoms with van der Waals surface area (Å²) in [7, 11) is 0. The zero-order valence-corrected chi connectivity index (χ0v) is 12.5. The maximum atomic E-state index is 5.50. The molecular formula is C14H27N3O2. The molecule has 0 fully saturated rings. The van der Waals surface area contributed by atoms with Gasteiger partial charge in [-0.25, -0.2) is 0 Å². The number of rotatable bonds is 11. The zero-order chi connectivity index (χ0) is 13.9. The van der Waals surface area contributed by atoms with Gasteiger partial charge in [0.15, 0.2) is 0 Å². The maximum Gasteiger partial charge on any atom is 0.204 e. The van der Waals surface area contributed by atoms with Gasteiger partial charge >= 0.3 is 0 Å². The highest BCUT2D eigenvalue weighted by atomic mass is 16.7. The molecule has 0 aliphatic heterocycles. The molecule has 1 aromatic rings. The van der Waals surface area contributed by atoms with Crippen LogP contribution >= 0.6 is 0 Å². The Morgan fingerprint density at radius 1 is 1.05 bits per heavy atom. The summed E-state index contributed by atoms with van der Waals surface area (Å²) in [6.45, 7) is 8.25. The van der Waals surface area contributed by atoms with E-state index in [9.17, 15) is 0 Å². The van der Waals surface area contributed by atoms with Gasteiger partial charge in [0.2, 0.25) is 6.29 Å². The van der Waals surface area contributed by atoms with Gasteiger partial charge in [-0.15, -0.1) is 5.10 Å². The van der Waals surface area contributed by atoms with Gasteiger partial charge in [0, 0.05) is 19.8 Å². The standard InChI is InChI=1S/C14H27N3O2/c1-4-7-8-9-10-11-17-12-13(15-16-17)14(18-5-2)19-6-3/h12,14H,4-11H2,1-3H3. The highest BCUT2D eigenvalue weighted by molar-refractivity contribution is 4.94. The molecule has 1 rings (SSSR count). The van der Waals surface area contributed by atoms with Crippen molar-refractivity contribution in [1.82, 2.24) is 15.0 Å². The van der Waals surface area contributed by atoms with E-state index < -0.39 is 0 Å². The van der Waals surface area contributed by atoms with Crippen molar-refractivity contribution in [3.8, 4) is 0 Å². The van der Waals surface area contributed by atoms with Crippen molar-refractivity contribution in [1.29, 1.82) is 0 Å². The van der Waals surface area contributed by atoms with Gasteiger partial charge in [-0.1, -0.05) is 37.8 Å². The lowest BCUT2D eigenvalue weighted by Gasteiger charge is -2.13. The van der Waals surface area contributed by atoms with Gasteiger partial charge < -0.3 is 9.47 Å². The Kier molecular flexibility index (Phi) is 8.41. The Bertz CT molecular complexity index is 322. The fourth-order valence-electron chi connectivity index (χ4n) is 1.93. The molecule has 0 spiro atoms. The third-order valence-corrected chi connectivity index (χ3v) is 2.92. The molecule has 0 saturated heterocycles. The molecule has 110 valence electrons. The molecule has 19 heavy (non-hydrogen) atoms. The smallest absolute Gasteiger partial charge is 0.204 e. The van der Waals surface area contributed by atoms with E-state index in [1.54, 1.807) is 0 Å². The molecule has 1 heterocycles. The number of nitrogens with zero attached hydrogens (tertiary/aromatic N) is 3. The van der Waals surface area contributed by atoms with E-state index in [0.29, 0.717) is 13.2 Å². The lowest BCUT2D eigenvalue weighted by molar-refractivity contribution is -0.142.